The summed E-state index contributed by atoms with van der Waals surface area (Å²) < 4.78 is 0. The van der Waals surface area contributed by atoms with E-state index < -0.39 is 0 Å². The average molecular weight is 198 g/mol. The summed E-state index contributed by atoms with van der Waals surface area (Å²) in [6, 6.07) is 0. The molecule has 0 fully saturated rings. The molecule has 1 aromatic rings. The molecule has 13 heavy (non-hydrogen) atoms. The molecule has 0 amide bonds. The first-order valence-corrected chi connectivity index (χ1v) is 5.11. The van der Waals surface area contributed by atoms with Crippen LogP contribution in [0.2, 0.25) is 0 Å². The van der Waals surface area contributed by atoms with Gasteiger partial charge in [-0.05, 0) is 20.3 Å². The van der Waals surface area contributed by atoms with E-state index in [2.05, 4.69) is 4.98 Å². The summed E-state index contributed by atoms with van der Waals surface area (Å²) in [6.07, 6.45) is 0.791. The van der Waals surface area contributed by atoms with Gasteiger partial charge >= 0.3 is 0 Å². The maximum atomic E-state index is 11.3. The van der Waals surface area contributed by atoms with E-state index in [-0.39, 0.29) is 11.7 Å². The van der Waals surface area contributed by atoms with Crippen LogP contribution in [0.1, 0.15) is 36.8 Å². The number of rotatable bonds is 3. The number of aryl methyl sites for hydroxylation is 1. The van der Waals surface area contributed by atoms with Crippen LogP contribution in [0.3, 0.4) is 0 Å². The molecule has 1 atom stereocenters. The molecule has 1 unspecified atom stereocenters. The zero-order valence-electron chi connectivity index (χ0n) is 8.13. The summed E-state index contributed by atoms with van der Waals surface area (Å²) in [7, 11) is 0. The molecule has 0 aliphatic carbocycles. The van der Waals surface area contributed by atoms with Crippen molar-refractivity contribution in [2.75, 3.05) is 5.73 Å². The highest BCUT2D eigenvalue weighted by Crippen LogP contribution is 2.28. The van der Waals surface area contributed by atoms with Crippen molar-refractivity contribution in [2.24, 2.45) is 0 Å². The Balaban J connectivity index is 3.04. The molecule has 0 spiro atoms. The minimum Gasteiger partial charge on any atom is -0.375 e. The van der Waals surface area contributed by atoms with Gasteiger partial charge < -0.3 is 5.73 Å². The van der Waals surface area contributed by atoms with Gasteiger partial charge in [0.15, 0.2) is 5.13 Å². The van der Waals surface area contributed by atoms with Crippen LogP contribution in [-0.4, -0.2) is 10.8 Å². The summed E-state index contributed by atoms with van der Waals surface area (Å²) in [6.45, 7) is 5.54. The van der Waals surface area contributed by atoms with E-state index in [4.69, 9.17) is 5.73 Å². The first-order valence-electron chi connectivity index (χ1n) is 4.29. The van der Waals surface area contributed by atoms with Crippen molar-refractivity contribution in [2.45, 2.75) is 33.1 Å². The maximum absolute atomic E-state index is 11.3. The molecule has 4 heteroatoms. The van der Waals surface area contributed by atoms with Gasteiger partial charge in [0.05, 0.1) is 11.6 Å². The summed E-state index contributed by atoms with van der Waals surface area (Å²) in [5.41, 5.74) is 6.43. The van der Waals surface area contributed by atoms with Crippen LogP contribution >= 0.6 is 11.3 Å². The quantitative estimate of drug-likeness (QED) is 0.809. The molecule has 0 bridgehead atoms. The topological polar surface area (TPSA) is 56.0 Å². The Hall–Kier alpha value is -0.900. The SMILES string of the molecule is CCC(C(C)=O)c1nc(N)sc1C. The average Bonchev–Trinajstić information content (AvgIpc) is 2.31. The van der Waals surface area contributed by atoms with Crippen molar-refractivity contribution in [3.8, 4) is 0 Å². The van der Waals surface area contributed by atoms with Gasteiger partial charge in [0.25, 0.3) is 0 Å². The minimum atomic E-state index is -0.0754. The number of carbonyl (C=O) groups excluding carboxylic acids is 1. The van der Waals surface area contributed by atoms with E-state index in [9.17, 15) is 4.79 Å². The second kappa shape index (κ2) is 3.87. The van der Waals surface area contributed by atoms with Gasteiger partial charge in [0, 0.05) is 4.88 Å². The molecular weight excluding hydrogens is 184 g/mol. The van der Waals surface area contributed by atoms with Crippen LogP contribution in [0.25, 0.3) is 0 Å². The molecule has 72 valence electrons. The number of nitrogen functional groups attached to an aromatic ring is 1. The van der Waals surface area contributed by atoms with Gasteiger partial charge in [-0.3, -0.25) is 4.79 Å². The molecule has 0 aliphatic heterocycles. The number of anilines is 1. The number of nitrogens with zero attached hydrogens (tertiary/aromatic N) is 1. The molecule has 0 saturated carbocycles. The smallest absolute Gasteiger partial charge is 0.180 e. The third-order valence-corrected chi connectivity index (χ3v) is 2.89. The van der Waals surface area contributed by atoms with Gasteiger partial charge in [-0.25, -0.2) is 4.98 Å². The number of carbonyl (C=O) groups is 1. The zero-order valence-corrected chi connectivity index (χ0v) is 8.94. The molecule has 2 N–H and O–H groups in total. The molecule has 3 nitrogen and oxygen atoms in total. The lowest BCUT2D eigenvalue weighted by atomic mass is 9.98. The minimum absolute atomic E-state index is 0.0754. The van der Waals surface area contributed by atoms with Gasteiger partial charge in [0.1, 0.15) is 5.78 Å². The summed E-state index contributed by atoms with van der Waals surface area (Å²) in [4.78, 5) is 16.5. The standard InChI is InChI=1S/C9H14N2OS/c1-4-7(5(2)12)8-6(3)13-9(10)11-8/h7H,4H2,1-3H3,(H2,10,11). The van der Waals surface area contributed by atoms with Crippen LogP contribution in [0, 0.1) is 6.92 Å². The molecule has 1 heterocycles. The number of thiazole rings is 1. The Bertz CT molecular complexity index is 319. The Labute approximate surface area is 82.0 Å². The van der Waals surface area contributed by atoms with E-state index in [1.54, 1.807) is 6.92 Å². The molecule has 1 rings (SSSR count). The molecular formula is C9H14N2OS. The van der Waals surface area contributed by atoms with Crippen molar-refractivity contribution in [1.29, 1.82) is 0 Å². The van der Waals surface area contributed by atoms with E-state index in [1.165, 1.54) is 11.3 Å². The highest BCUT2D eigenvalue weighted by atomic mass is 32.1. The number of aromatic nitrogens is 1. The van der Waals surface area contributed by atoms with Gasteiger partial charge in [-0.2, -0.15) is 0 Å². The summed E-state index contributed by atoms with van der Waals surface area (Å²) in [5.74, 6) is 0.0875. The molecule has 0 saturated heterocycles. The first-order chi connectivity index (χ1) is 6.06. The lowest BCUT2D eigenvalue weighted by molar-refractivity contribution is -0.118. The monoisotopic (exact) mass is 198 g/mol. The van der Waals surface area contributed by atoms with Crippen LogP contribution in [0.5, 0.6) is 0 Å². The van der Waals surface area contributed by atoms with Crippen LogP contribution in [0.15, 0.2) is 0 Å². The van der Waals surface area contributed by atoms with Crippen molar-refractivity contribution >= 4 is 22.3 Å². The predicted octanol–water partition coefficient (Wildman–Crippen LogP) is 2.12. The van der Waals surface area contributed by atoms with Crippen LogP contribution in [0.4, 0.5) is 5.13 Å². The second-order valence-electron chi connectivity index (χ2n) is 3.07. The number of ketones is 1. The van der Waals surface area contributed by atoms with Gasteiger partial charge in [-0.1, -0.05) is 6.92 Å². The number of nitrogens with two attached hydrogens (primary N) is 1. The fourth-order valence-electron chi connectivity index (χ4n) is 1.43. The highest BCUT2D eigenvalue weighted by Gasteiger charge is 2.20. The lowest BCUT2D eigenvalue weighted by Gasteiger charge is -2.08. The predicted molar refractivity (Wildman–Crippen MR) is 55.0 cm³/mol. The van der Waals surface area contributed by atoms with E-state index >= 15 is 0 Å². The number of Topliss-reactive ketones (excluding diaryl/α,β-unsaturated/α-hetero) is 1. The third-order valence-electron chi connectivity index (χ3n) is 2.08. The van der Waals surface area contributed by atoms with Gasteiger partial charge in [-0.15, -0.1) is 11.3 Å². The number of hydrogen-bond donors (Lipinski definition) is 1. The van der Waals surface area contributed by atoms with Crippen molar-refractivity contribution < 1.29 is 4.79 Å². The van der Waals surface area contributed by atoms with Crippen molar-refractivity contribution in [3.63, 3.8) is 0 Å². The molecule has 0 radical (unpaired) electrons. The summed E-state index contributed by atoms with van der Waals surface area (Å²) in [5, 5.41) is 0.548. The molecule has 0 aromatic carbocycles. The Kier molecular flexibility index (Phi) is 3.03. The summed E-state index contributed by atoms with van der Waals surface area (Å²) >= 11 is 1.44. The fraction of sp³-hybridized carbons (Fsp3) is 0.556. The lowest BCUT2D eigenvalue weighted by Crippen LogP contribution is -2.09. The Morgan fingerprint density at radius 1 is 1.69 bits per heavy atom. The normalized spacial score (nSPS) is 12.8. The Morgan fingerprint density at radius 2 is 2.31 bits per heavy atom. The fourth-order valence-corrected chi connectivity index (χ4v) is 2.18. The zero-order chi connectivity index (χ0) is 10.0. The van der Waals surface area contributed by atoms with Crippen LogP contribution < -0.4 is 5.73 Å². The van der Waals surface area contributed by atoms with E-state index in [1.807, 2.05) is 13.8 Å². The van der Waals surface area contributed by atoms with E-state index in [0.29, 0.717) is 5.13 Å². The van der Waals surface area contributed by atoms with Gasteiger partial charge in [0.2, 0.25) is 0 Å². The maximum Gasteiger partial charge on any atom is 0.180 e. The highest BCUT2D eigenvalue weighted by molar-refractivity contribution is 7.15. The van der Waals surface area contributed by atoms with Crippen LogP contribution in [-0.2, 0) is 4.79 Å². The van der Waals surface area contributed by atoms with Crippen molar-refractivity contribution in [1.82, 2.24) is 4.98 Å². The van der Waals surface area contributed by atoms with Crippen molar-refractivity contribution in [3.05, 3.63) is 10.6 Å². The first kappa shape index (κ1) is 10.2. The Morgan fingerprint density at radius 3 is 2.62 bits per heavy atom. The second-order valence-corrected chi connectivity index (χ2v) is 4.30. The van der Waals surface area contributed by atoms with E-state index in [0.717, 1.165) is 17.0 Å². The number of hydrogen-bond acceptors (Lipinski definition) is 4. The molecule has 1 aromatic heterocycles. The third kappa shape index (κ3) is 2.06. The molecule has 0 aliphatic rings. The largest absolute Gasteiger partial charge is 0.375 e.